The molecule has 8 nitrogen and oxygen atoms in total. The molecule has 1 aliphatic rings. The van der Waals surface area contributed by atoms with E-state index < -0.39 is 21.3 Å². The highest BCUT2D eigenvalue weighted by molar-refractivity contribution is 7.89. The van der Waals surface area contributed by atoms with Gasteiger partial charge in [0.15, 0.2) is 0 Å². The van der Waals surface area contributed by atoms with Crippen molar-refractivity contribution in [3.8, 4) is 5.75 Å². The van der Waals surface area contributed by atoms with Crippen LogP contribution in [-0.2, 0) is 16.6 Å². The first-order valence-corrected chi connectivity index (χ1v) is 10.7. The molecule has 1 aliphatic heterocycles. The SMILES string of the molecule is Cc1ccc([N+](=O)[O-])cc1S(=O)(=O)N1CCN(Cc2ccc(OC(F)(F)F)cc2)CC1. The second-order valence-electron chi connectivity index (χ2n) is 7.08. The molecule has 0 atom stereocenters. The van der Waals surface area contributed by atoms with Crippen molar-refractivity contribution >= 4 is 15.7 Å². The predicted octanol–water partition coefficient (Wildman–Crippen LogP) is 3.31. The van der Waals surface area contributed by atoms with Crippen LogP contribution in [0.5, 0.6) is 5.75 Å². The fraction of sp³-hybridized carbons (Fsp3) is 0.368. The quantitative estimate of drug-likeness (QED) is 0.486. The van der Waals surface area contributed by atoms with Crippen LogP contribution in [0.2, 0.25) is 0 Å². The molecule has 0 radical (unpaired) electrons. The topological polar surface area (TPSA) is 93.0 Å². The number of nitro benzene ring substituents is 1. The van der Waals surface area contributed by atoms with Gasteiger partial charge in [0.2, 0.25) is 10.0 Å². The van der Waals surface area contributed by atoms with Crippen LogP contribution in [0, 0.1) is 17.0 Å². The van der Waals surface area contributed by atoms with Crippen molar-refractivity contribution in [1.29, 1.82) is 0 Å². The number of alkyl halides is 3. The van der Waals surface area contributed by atoms with Crippen LogP contribution in [0.15, 0.2) is 47.4 Å². The Kier molecular flexibility index (Phi) is 6.53. The Morgan fingerprint density at radius 3 is 2.23 bits per heavy atom. The van der Waals surface area contributed by atoms with E-state index in [2.05, 4.69) is 4.74 Å². The van der Waals surface area contributed by atoms with Crippen LogP contribution in [-0.4, -0.2) is 55.1 Å². The van der Waals surface area contributed by atoms with Gasteiger partial charge in [0.25, 0.3) is 5.69 Å². The van der Waals surface area contributed by atoms with Crippen molar-refractivity contribution in [3.05, 3.63) is 63.7 Å². The van der Waals surface area contributed by atoms with E-state index in [1.807, 2.05) is 4.90 Å². The van der Waals surface area contributed by atoms with Crippen molar-refractivity contribution in [2.45, 2.75) is 24.7 Å². The number of nitro groups is 1. The number of aryl methyl sites for hydroxylation is 1. The number of rotatable bonds is 6. The Labute approximate surface area is 177 Å². The van der Waals surface area contributed by atoms with Crippen LogP contribution < -0.4 is 4.74 Å². The number of hydrogen-bond acceptors (Lipinski definition) is 6. The first kappa shape index (κ1) is 23.0. The highest BCUT2D eigenvalue weighted by Crippen LogP contribution is 2.26. The number of hydrogen-bond donors (Lipinski definition) is 0. The molecule has 1 saturated heterocycles. The van der Waals surface area contributed by atoms with Gasteiger partial charge in [-0.1, -0.05) is 18.2 Å². The van der Waals surface area contributed by atoms with Crippen LogP contribution in [0.3, 0.4) is 0 Å². The molecule has 31 heavy (non-hydrogen) atoms. The smallest absolute Gasteiger partial charge is 0.406 e. The number of non-ortho nitro benzene ring substituents is 1. The van der Waals surface area contributed by atoms with E-state index in [-0.39, 0.29) is 29.4 Å². The van der Waals surface area contributed by atoms with Gasteiger partial charge in [0, 0.05) is 44.9 Å². The van der Waals surface area contributed by atoms with Gasteiger partial charge in [-0.15, -0.1) is 13.2 Å². The molecule has 0 aromatic heterocycles. The maximum Gasteiger partial charge on any atom is 0.573 e. The number of sulfonamides is 1. The summed E-state index contributed by atoms with van der Waals surface area (Å²) in [5.74, 6) is -0.306. The normalized spacial score (nSPS) is 16.3. The zero-order valence-electron chi connectivity index (χ0n) is 16.5. The van der Waals surface area contributed by atoms with Crippen molar-refractivity contribution in [2.24, 2.45) is 0 Å². The molecule has 2 aromatic carbocycles. The summed E-state index contributed by atoms with van der Waals surface area (Å²) >= 11 is 0. The van der Waals surface area contributed by atoms with Gasteiger partial charge in [-0.3, -0.25) is 15.0 Å². The monoisotopic (exact) mass is 459 g/mol. The fourth-order valence-corrected chi connectivity index (χ4v) is 4.97. The lowest BCUT2D eigenvalue weighted by molar-refractivity contribution is -0.385. The summed E-state index contributed by atoms with van der Waals surface area (Å²) in [5.41, 5.74) is 0.898. The highest BCUT2D eigenvalue weighted by Gasteiger charge is 2.32. The molecular weight excluding hydrogens is 439 g/mol. The van der Waals surface area contributed by atoms with E-state index >= 15 is 0 Å². The van der Waals surface area contributed by atoms with E-state index in [9.17, 15) is 31.7 Å². The standard InChI is InChI=1S/C19H20F3N3O5S/c1-14-2-5-16(25(26)27)12-18(14)31(28,29)24-10-8-23(9-11-24)13-15-3-6-17(7-4-15)30-19(20,21)22/h2-7,12H,8-11,13H2,1H3. The van der Waals surface area contributed by atoms with Gasteiger partial charge in [-0.05, 0) is 30.2 Å². The second kappa shape index (κ2) is 8.81. The zero-order valence-corrected chi connectivity index (χ0v) is 17.3. The molecular formula is C19H20F3N3O5S. The maximum atomic E-state index is 13.0. The minimum atomic E-state index is -4.75. The van der Waals surface area contributed by atoms with E-state index in [4.69, 9.17) is 0 Å². The lowest BCUT2D eigenvalue weighted by Crippen LogP contribution is -2.48. The first-order chi connectivity index (χ1) is 14.5. The molecule has 0 unspecified atom stereocenters. The Morgan fingerprint density at radius 1 is 1.06 bits per heavy atom. The zero-order chi connectivity index (χ0) is 22.8. The van der Waals surface area contributed by atoms with E-state index in [0.717, 1.165) is 11.6 Å². The Hall–Kier alpha value is -2.70. The van der Waals surface area contributed by atoms with Gasteiger partial charge in [-0.2, -0.15) is 4.31 Å². The molecule has 2 aromatic rings. The summed E-state index contributed by atoms with van der Waals surface area (Å²) in [6.45, 7) is 3.23. The summed E-state index contributed by atoms with van der Waals surface area (Å²) in [6.07, 6.45) is -4.75. The third-order valence-corrected chi connectivity index (χ3v) is 6.94. The number of benzene rings is 2. The Bertz CT molecular complexity index is 1050. The number of halogens is 3. The molecule has 1 heterocycles. The van der Waals surface area contributed by atoms with Gasteiger partial charge in [0.05, 0.1) is 9.82 Å². The summed E-state index contributed by atoms with van der Waals surface area (Å²) < 4.78 is 67.8. The number of nitrogens with zero attached hydrogens (tertiary/aromatic N) is 3. The molecule has 1 fully saturated rings. The molecule has 168 valence electrons. The average molecular weight is 459 g/mol. The van der Waals surface area contributed by atoms with Crippen LogP contribution >= 0.6 is 0 Å². The van der Waals surface area contributed by atoms with Gasteiger partial charge in [0.1, 0.15) is 5.75 Å². The van der Waals surface area contributed by atoms with Crippen molar-refractivity contribution in [2.75, 3.05) is 26.2 Å². The molecule has 0 aliphatic carbocycles. The number of piperazine rings is 1. The summed E-state index contributed by atoms with van der Waals surface area (Å²) in [4.78, 5) is 12.3. The van der Waals surface area contributed by atoms with Crippen LogP contribution in [0.25, 0.3) is 0 Å². The van der Waals surface area contributed by atoms with Gasteiger partial charge in [-0.25, -0.2) is 8.42 Å². The molecule has 0 N–H and O–H groups in total. The van der Waals surface area contributed by atoms with Crippen molar-refractivity contribution in [3.63, 3.8) is 0 Å². The van der Waals surface area contributed by atoms with Crippen LogP contribution in [0.1, 0.15) is 11.1 Å². The largest absolute Gasteiger partial charge is 0.573 e. The molecule has 0 bridgehead atoms. The van der Waals surface area contributed by atoms with Crippen LogP contribution in [0.4, 0.5) is 18.9 Å². The highest BCUT2D eigenvalue weighted by atomic mass is 32.2. The van der Waals surface area contributed by atoms with Gasteiger partial charge >= 0.3 is 6.36 Å². The van der Waals surface area contributed by atoms with Gasteiger partial charge < -0.3 is 4.74 Å². The molecule has 0 saturated carbocycles. The van der Waals surface area contributed by atoms with E-state index in [1.54, 1.807) is 6.92 Å². The lowest BCUT2D eigenvalue weighted by Gasteiger charge is -2.34. The lowest BCUT2D eigenvalue weighted by atomic mass is 10.2. The molecule has 12 heteroatoms. The third kappa shape index (κ3) is 5.71. The minimum absolute atomic E-state index is 0.0876. The van der Waals surface area contributed by atoms with Crippen molar-refractivity contribution in [1.82, 2.24) is 9.21 Å². The average Bonchev–Trinajstić information content (AvgIpc) is 2.69. The summed E-state index contributed by atoms with van der Waals surface area (Å²) in [5, 5.41) is 11.0. The third-order valence-electron chi connectivity index (χ3n) is 4.89. The van der Waals surface area contributed by atoms with E-state index in [1.165, 1.54) is 40.7 Å². The fourth-order valence-electron chi connectivity index (χ4n) is 3.30. The predicted molar refractivity (Wildman–Crippen MR) is 105 cm³/mol. The second-order valence-corrected chi connectivity index (χ2v) is 8.99. The summed E-state index contributed by atoms with van der Waals surface area (Å²) in [7, 11) is -3.89. The summed E-state index contributed by atoms with van der Waals surface area (Å²) in [6, 6.07) is 9.25. The maximum absolute atomic E-state index is 13.0. The Balaban J connectivity index is 1.63. The molecule has 0 spiro atoms. The molecule has 0 amide bonds. The Morgan fingerprint density at radius 2 is 1.68 bits per heavy atom. The minimum Gasteiger partial charge on any atom is -0.406 e. The van der Waals surface area contributed by atoms with E-state index in [0.29, 0.717) is 25.2 Å². The number of ether oxygens (including phenoxy) is 1. The van der Waals surface area contributed by atoms with Crippen molar-refractivity contribution < 1.29 is 31.2 Å². The molecule has 3 rings (SSSR count). The first-order valence-electron chi connectivity index (χ1n) is 9.28.